The van der Waals surface area contributed by atoms with Gasteiger partial charge in [0.1, 0.15) is 0 Å². The minimum atomic E-state index is -0.126. The van der Waals surface area contributed by atoms with Gasteiger partial charge in [-0.15, -0.1) is 0 Å². The first kappa shape index (κ1) is 29.1. The quantitative estimate of drug-likeness (QED) is 0.173. The Balaban J connectivity index is 1.45. The topological polar surface area (TPSA) is 38.7 Å². The van der Waals surface area contributed by atoms with E-state index < -0.39 is 0 Å². The Morgan fingerprint density at radius 1 is 0.565 bits per heavy atom. The van der Waals surface area contributed by atoms with Gasteiger partial charge in [-0.2, -0.15) is 0 Å². The van der Waals surface area contributed by atoms with Gasteiger partial charge in [0.25, 0.3) is 0 Å². The maximum absolute atomic E-state index is 5.19. The van der Waals surface area contributed by atoms with E-state index in [1.165, 1.54) is 16.7 Å². The lowest BCUT2D eigenvalue weighted by molar-refractivity contribution is 0.639. The molecule has 0 unspecified atom stereocenters. The number of nitrogens with zero attached hydrogens (tertiary/aromatic N) is 3. The average Bonchev–Trinajstić information content (AvgIpc) is 3.32. The number of fused-ring (bicyclic) bond motifs is 1. The van der Waals surface area contributed by atoms with Crippen LogP contribution in [0.3, 0.4) is 0 Å². The Hall–Kier alpha value is -5.67. The molecule has 0 bridgehead atoms. The van der Waals surface area contributed by atoms with Crippen LogP contribution in [0.2, 0.25) is 0 Å². The van der Waals surface area contributed by atoms with Gasteiger partial charge in [0.2, 0.25) is 0 Å². The van der Waals surface area contributed by atoms with E-state index in [0.717, 1.165) is 44.5 Å². The fourth-order valence-corrected chi connectivity index (χ4v) is 6.39. The molecule has 5 aromatic carbocycles. The summed E-state index contributed by atoms with van der Waals surface area (Å²) in [6.45, 7) is 10.9. The number of hydrogen-bond acceptors (Lipinski definition) is 3. The summed E-state index contributed by atoms with van der Waals surface area (Å²) >= 11 is 0. The zero-order valence-corrected chi connectivity index (χ0v) is 26.4. The fraction of sp³-hybridized carbons (Fsp3) is 0.0930. The highest BCUT2D eigenvalue weighted by Gasteiger charge is 2.37. The van der Waals surface area contributed by atoms with E-state index in [4.69, 9.17) is 15.0 Å². The third kappa shape index (κ3) is 5.31. The van der Waals surface area contributed by atoms with Gasteiger partial charge in [-0.25, -0.2) is 15.0 Å². The predicted octanol–water partition coefficient (Wildman–Crippen LogP) is 10.9. The third-order valence-electron chi connectivity index (χ3n) is 9.07. The Labute approximate surface area is 271 Å². The highest BCUT2D eigenvalue weighted by molar-refractivity contribution is 6.08. The van der Waals surface area contributed by atoms with Gasteiger partial charge < -0.3 is 0 Å². The maximum Gasteiger partial charge on any atom is 0.164 e. The van der Waals surface area contributed by atoms with Crippen LogP contribution in [0.1, 0.15) is 37.7 Å². The molecule has 1 heterocycles. The summed E-state index contributed by atoms with van der Waals surface area (Å²) in [5.41, 5.74) is 12.1. The summed E-state index contributed by atoms with van der Waals surface area (Å²) in [6, 6.07) is 46.3. The van der Waals surface area contributed by atoms with Gasteiger partial charge in [0, 0.05) is 22.1 Å². The Morgan fingerprint density at radius 2 is 1.04 bits per heavy atom. The van der Waals surface area contributed by atoms with Crippen molar-refractivity contribution < 1.29 is 0 Å². The van der Waals surface area contributed by atoms with E-state index >= 15 is 0 Å². The molecule has 0 spiro atoms. The number of allylic oxidation sites excluding steroid dienone is 5. The molecule has 6 aromatic rings. The molecule has 222 valence electrons. The maximum atomic E-state index is 5.19. The van der Waals surface area contributed by atoms with Crippen LogP contribution in [-0.4, -0.2) is 15.0 Å². The first-order chi connectivity index (χ1) is 22.4. The molecule has 1 aliphatic carbocycles. The van der Waals surface area contributed by atoms with Crippen LogP contribution in [0, 0.1) is 0 Å². The van der Waals surface area contributed by atoms with E-state index in [0.29, 0.717) is 17.5 Å². The van der Waals surface area contributed by atoms with Crippen LogP contribution < -0.4 is 0 Å². The van der Waals surface area contributed by atoms with E-state index in [1.807, 2.05) is 24.3 Å². The first-order valence-electron chi connectivity index (χ1n) is 15.7. The molecule has 0 N–H and O–H groups in total. The van der Waals surface area contributed by atoms with Crippen LogP contribution >= 0.6 is 0 Å². The number of benzene rings is 5. The molecule has 3 heteroatoms. The fourth-order valence-electron chi connectivity index (χ4n) is 6.39. The molecular weight excluding hydrogens is 558 g/mol. The van der Waals surface area contributed by atoms with Crippen LogP contribution in [0.15, 0.2) is 158 Å². The first-order valence-corrected chi connectivity index (χ1v) is 15.7. The largest absolute Gasteiger partial charge is 0.208 e. The molecule has 7 rings (SSSR count). The number of rotatable bonds is 7. The second kappa shape index (κ2) is 12.0. The third-order valence-corrected chi connectivity index (χ3v) is 9.07. The van der Waals surface area contributed by atoms with Gasteiger partial charge in [0.15, 0.2) is 17.5 Å². The lowest BCUT2D eigenvalue weighted by atomic mass is 9.82. The molecule has 1 aliphatic rings. The Kier molecular flexibility index (Phi) is 7.60. The van der Waals surface area contributed by atoms with Gasteiger partial charge in [-0.3, -0.25) is 0 Å². The second-order valence-electron chi connectivity index (χ2n) is 12.2. The summed E-state index contributed by atoms with van der Waals surface area (Å²) in [5, 5.41) is 0. The van der Waals surface area contributed by atoms with Crippen LogP contribution in [0.5, 0.6) is 0 Å². The molecule has 3 nitrogen and oxygen atoms in total. The summed E-state index contributed by atoms with van der Waals surface area (Å²) in [4.78, 5) is 15.5. The molecule has 0 amide bonds. The minimum Gasteiger partial charge on any atom is -0.208 e. The van der Waals surface area contributed by atoms with Crippen molar-refractivity contribution >= 4 is 11.1 Å². The SMILES string of the molecule is C=C/C=C(\C1=C(C)C(C)(C)c2ccccc21)c1nc(-c2cccc(-c3ccccc3)c2)nc(-c2cccc(-c3ccccc3)c2)n1. The monoisotopic (exact) mass is 593 g/mol. The smallest absolute Gasteiger partial charge is 0.164 e. The zero-order valence-electron chi connectivity index (χ0n) is 26.4. The van der Waals surface area contributed by atoms with Crippen molar-refractivity contribution in [2.75, 3.05) is 0 Å². The minimum absolute atomic E-state index is 0.126. The lowest BCUT2D eigenvalue weighted by Gasteiger charge is -2.22. The van der Waals surface area contributed by atoms with Crippen molar-refractivity contribution in [1.29, 1.82) is 0 Å². The molecule has 1 aromatic heterocycles. The van der Waals surface area contributed by atoms with Crippen molar-refractivity contribution in [3.63, 3.8) is 0 Å². The van der Waals surface area contributed by atoms with Gasteiger partial charge in [0.05, 0.1) is 0 Å². The molecular formula is C43H35N3. The molecule has 0 saturated carbocycles. The summed E-state index contributed by atoms with van der Waals surface area (Å²) in [6.07, 6.45) is 3.87. The molecule has 0 aliphatic heterocycles. The molecule has 0 fully saturated rings. The summed E-state index contributed by atoms with van der Waals surface area (Å²) < 4.78 is 0. The second-order valence-corrected chi connectivity index (χ2v) is 12.2. The molecule has 0 radical (unpaired) electrons. The predicted molar refractivity (Wildman–Crippen MR) is 192 cm³/mol. The van der Waals surface area contributed by atoms with Gasteiger partial charge >= 0.3 is 0 Å². The van der Waals surface area contributed by atoms with Crippen molar-refractivity contribution in [2.24, 2.45) is 0 Å². The standard InChI is InChI=1S/C43H35N3/c1-5-16-37(39-29(2)43(3,4)38-26-13-12-25-36(38)39)42-45-40(34-23-14-21-32(27-34)30-17-8-6-9-18-30)44-41(46-42)35-24-15-22-33(28-35)31-19-10-7-11-20-31/h5-28H,1H2,2-4H3/b37-16+. The van der Waals surface area contributed by atoms with Crippen molar-refractivity contribution in [2.45, 2.75) is 26.2 Å². The molecule has 46 heavy (non-hydrogen) atoms. The molecule has 0 saturated heterocycles. The summed E-state index contributed by atoms with van der Waals surface area (Å²) in [7, 11) is 0. The van der Waals surface area contributed by atoms with E-state index in [1.54, 1.807) is 0 Å². The normalized spacial score (nSPS) is 13.8. The number of hydrogen-bond donors (Lipinski definition) is 0. The average molecular weight is 594 g/mol. The van der Waals surface area contributed by atoms with Gasteiger partial charge in [-0.05, 0) is 58.0 Å². The van der Waals surface area contributed by atoms with Crippen LogP contribution in [0.4, 0.5) is 0 Å². The Bertz CT molecular complexity index is 2040. The van der Waals surface area contributed by atoms with Gasteiger partial charge in [-0.1, -0.05) is 159 Å². The van der Waals surface area contributed by atoms with Crippen LogP contribution in [0.25, 0.3) is 56.2 Å². The number of aromatic nitrogens is 3. The summed E-state index contributed by atoms with van der Waals surface area (Å²) in [5.74, 6) is 1.88. The highest BCUT2D eigenvalue weighted by atomic mass is 15.0. The van der Waals surface area contributed by atoms with Crippen molar-refractivity contribution in [1.82, 2.24) is 15.0 Å². The van der Waals surface area contributed by atoms with E-state index in [9.17, 15) is 0 Å². The highest BCUT2D eigenvalue weighted by Crippen LogP contribution is 2.50. The van der Waals surface area contributed by atoms with Crippen molar-refractivity contribution in [3.8, 4) is 45.0 Å². The van der Waals surface area contributed by atoms with Crippen LogP contribution in [-0.2, 0) is 5.41 Å². The Morgan fingerprint density at radius 3 is 1.59 bits per heavy atom. The van der Waals surface area contributed by atoms with E-state index in [2.05, 4.69) is 149 Å². The van der Waals surface area contributed by atoms with E-state index in [-0.39, 0.29) is 5.41 Å². The van der Waals surface area contributed by atoms with Crippen molar-refractivity contribution in [3.05, 3.63) is 175 Å². The molecule has 0 atom stereocenters. The lowest BCUT2D eigenvalue weighted by Crippen LogP contribution is -2.15. The zero-order chi connectivity index (χ0) is 31.7.